The Balaban J connectivity index is 1.93. The van der Waals surface area contributed by atoms with E-state index in [9.17, 15) is 4.79 Å². The van der Waals surface area contributed by atoms with Crippen molar-refractivity contribution in [2.45, 2.75) is 37.9 Å². The predicted octanol–water partition coefficient (Wildman–Crippen LogP) is 1.67. The van der Waals surface area contributed by atoms with E-state index in [1.54, 1.807) is 0 Å². The molecule has 0 aliphatic heterocycles. The molecule has 1 aromatic rings. The van der Waals surface area contributed by atoms with Gasteiger partial charge in [-0.3, -0.25) is 4.79 Å². The molecule has 1 fully saturated rings. The van der Waals surface area contributed by atoms with E-state index in [0.717, 1.165) is 19.4 Å². The smallest absolute Gasteiger partial charge is 0.233 e. The van der Waals surface area contributed by atoms with Crippen LogP contribution in [-0.2, 0) is 4.79 Å². The molecule has 0 aromatic carbocycles. The van der Waals surface area contributed by atoms with E-state index in [0.29, 0.717) is 22.9 Å². The van der Waals surface area contributed by atoms with Gasteiger partial charge in [-0.2, -0.15) is 5.26 Å². The fraction of sp³-hybridized carbons (Fsp3) is 0.571. The van der Waals surface area contributed by atoms with Gasteiger partial charge >= 0.3 is 0 Å². The van der Waals surface area contributed by atoms with Crippen LogP contribution < -0.4 is 5.73 Å². The minimum absolute atomic E-state index is 0.114. The lowest BCUT2D eigenvalue weighted by molar-refractivity contribution is -0.129. The first kappa shape index (κ1) is 15.6. The van der Waals surface area contributed by atoms with Gasteiger partial charge < -0.3 is 10.6 Å². The second kappa shape index (κ2) is 6.76. The third kappa shape index (κ3) is 4.33. The number of nitriles is 1. The van der Waals surface area contributed by atoms with Gasteiger partial charge in [0.15, 0.2) is 5.16 Å². The highest BCUT2D eigenvalue weighted by Gasteiger charge is 2.32. The quantitative estimate of drug-likeness (QED) is 0.634. The molecule has 0 saturated heterocycles. The molecule has 1 aliphatic rings. The van der Waals surface area contributed by atoms with Gasteiger partial charge in [0.25, 0.3) is 0 Å². The summed E-state index contributed by atoms with van der Waals surface area (Å²) in [5, 5.41) is 9.21. The number of hydrogen-bond acceptors (Lipinski definition) is 6. The highest BCUT2D eigenvalue weighted by atomic mass is 32.2. The number of carbonyl (C=O) groups excluding carboxylic acids is 1. The van der Waals surface area contributed by atoms with Crippen molar-refractivity contribution in [3.05, 3.63) is 11.8 Å². The van der Waals surface area contributed by atoms with Crippen LogP contribution in [0.25, 0.3) is 0 Å². The molecule has 0 bridgehead atoms. The van der Waals surface area contributed by atoms with Crippen LogP contribution >= 0.6 is 11.8 Å². The highest BCUT2D eigenvalue weighted by molar-refractivity contribution is 7.99. The number of amides is 1. The standard InChI is InChI=1S/C14H19N5OS/c1-9(2)7-19(11-3-4-11)12(20)8-21-14-17-6-10(5-15)13(16)18-14/h6,9,11H,3-4,7-8H2,1-2H3,(H2,16,17,18). The van der Waals surface area contributed by atoms with Gasteiger partial charge in [0.2, 0.25) is 5.91 Å². The number of nitrogen functional groups attached to an aromatic ring is 1. The van der Waals surface area contributed by atoms with Gasteiger partial charge in [-0.05, 0) is 18.8 Å². The Bertz CT molecular complexity index is 565. The van der Waals surface area contributed by atoms with E-state index >= 15 is 0 Å². The zero-order chi connectivity index (χ0) is 15.4. The Morgan fingerprint density at radius 3 is 2.86 bits per heavy atom. The van der Waals surface area contributed by atoms with Crippen molar-refractivity contribution in [2.24, 2.45) is 5.92 Å². The lowest BCUT2D eigenvalue weighted by Gasteiger charge is -2.24. The number of rotatable bonds is 6. The first-order valence-corrected chi connectivity index (χ1v) is 7.94. The highest BCUT2D eigenvalue weighted by Crippen LogP contribution is 2.28. The van der Waals surface area contributed by atoms with E-state index in [-0.39, 0.29) is 17.3 Å². The van der Waals surface area contributed by atoms with Crippen molar-refractivity contribution in [3.63, 3.8) is 0 Å². The third-order valence-electron chi connectivity index (χ3n) is 3.11. The number of thioether (sulfide) groups is 1. The summed E-state index contributed by atoms with van der Waals surface area (Å²) >= 11 is 1.26. The summed E-state index contributed by atoms with van der Waals surface area (Å²) in [5.74, 6) is 1.03. The van der Waals surface area contributed by atoms with Crippen molar-refractivity contribution in [2.75, 3.05) is 18.0 Å². The van der Waals surface area contributed by atoms with Crippen molar-refractivity contribution >= 4 is 23.5 Å². The number of nitrogens with two attached hydrogens (primary N) is 1. The summed E-state index contributed by atoms with van der Waals surface area (Å²) in [6, 6.07) is 2.33. The topological polar surface area (TPSA) is 95.9 Å². The number of aromatic nitrogens is 2. The maximum absolute atomic E-state index is 12.3. The molecule has 2 N–H and O–H groups in total. The van der Waals surface area contributed by atoms with Crippen LogP contribution in [0, 0.1) is 17.2 Å². The number of nitrogens with zero attached hydrogens (tertiary/aromatic N) is 4. The fourth-order valence-electron chi connectivity index (χ4n) is 1.98. The zero-order valence-corrected chi connectivity index (χ0v) is 13.1. The molecule has 1 aromatic heterocycles. The molecule has 0 atom stereocenters. The van der Waals surface area contributed by atoms with Gasteiger partial charge in [-0.1, -0.05) is 25.6 Å². The lowest BCUT2D eigenvalue weighted by Crippen LogP contribution is -2.37. The summed E-state index contributed by atoms with van der Waals surface area (Å²) in [6.07, 6.45) is 3.59. The number of anilines is 1. The molecular formula is C14H19N5OS. The molecule has 2 rings (SSSR count). The molecule has 1 heterocycles. The van der Waals surface area contributed by atoms with Gasteiger partial charge in [0.1, 0.15) is 17.5 Å². The minimum atomic E-state index is 0.114. The van der Waals surface area contributed by atoms with Crippen LogP contribution in [0.15, 0.2) is 11.4 Å². The molecule has 1 saturated carbocycles. The maximum atomic E-state index is 12.3. The second-order valence-electron chi connectivity index (χ2n) is 5.52. The molecule has 7 heteroatoms. The molecule has 0 radical (unpaired) electrons. The van der Waals surface area contributed by atoms with E-state index in [4.69, 9.17) is 11.0 Å². The first-order chi connectivity index (χ1) is 10.0. The van der Waals surface area contributed by atoms with Crippen molar-refractivity contribution in [1.82, 2.24) is 14.9 Å². The average Bonchev–Trinajstić information content (AvgIpc) is 3.26. The van der Waals surface area contributed by atoms with Gasteiger partial charge in [0, 0.05) is 12.6 Å². The van der Waals surface area contributed by atoms with Gasteiger partial charge in [0.05, 0.1) is 11.9 Å². The van der Waals surface area contributed by atoms with Crippen molar-refractivity contribution in [3.8, 4) is 6.07 Å². The maximum Gasteiger partial charge on any atom is 0.233 e. The SMILES string of the molecule is CC(C)CN(C(=O)CSc1ncc(C#N)c(N)n1)C1CC1. The second-order valence-corrected chi connectivity index (χ2v) is 6.47. The van der Waals surface area contributed by atoms with E-state index in [1.807, 2.05) is 11.0 Å². The Kier molecular flexibility index (Phi) is 5.02. The van der Waals surface area contributed by atoms with E-state index in [2.05, 4.69) is 23.8 Å². The van der Waals surface area contributed by atoms with Gasteiger partial charge in [-0.25, -0.2) is 9.97 Å². The average molecular weight is 305 g/mol. The Hall–Kier alpha value is -1.81. The van der Waals surface area contributed by atoms with Crippen LogP contribution in [0.2, 0.25) is 0 Å². The molecule has 112 valence electrons. The summed E-state index contributed by atoms with van der Waals surface area (Å²) in [7, 11) is 0. The normalized spacial score (nSPS) is 14.0. The summed E-state index contributed by atoms with van der Waals surface area (Å²) in [5.41, 5.74) is 5.89. The largest absolute Gasteiger partial charge is 0.382 e. The molecule has 0 spiro atoms. The van der Waals surface area contributed by atoms with Crippen molar-refractivity contribution < 1.29 is 4.79 Å². The van der Waals surface area contributed by atoms with Crippen LogP contribution in [0.5, 0.6) is 0 Å². The molecule has 1 amide bonds. The van der Waals surface area contributed by atoms with Crippen molar-refractivity contribution in [1.29, 1.82) is 5.26 Å². The van der Waals surface area contributed by atoms with E-state index in [1.165, 1.54) is 18.0 Å². The van der Waals surface area contributed by atoms with Crippen LogP contribution in [0.4, 0.5) is 5.82 Å². The first-order valence-electron chi connectivity index (χ1n) is 6.96. The monoisotopic (exact) mass is 305 g/mol. The molecule has 1 aliphatic carbocycles. The van der Waals surface area contributed by atoms with Crippen LogP contribution in [0.1, 0.15) is 32.3 Å². The third-order valence-corrected chi connectivity index (χ3v) is 3.96. The number of carbonyl (C=O) groups is 1. The summed E-state index contributed by atoms with van der Waals surface area (Å²) in [6.45, 7) is 5.01. The van der Waals surface area contributed by atoms with E-state index < -0.39 is 0 Å². The summed E-state index contributed by atoms with van der Waals surface area (Å²) in [4.78, 5) is 22.3. The Morgan fingerprint density at radius 1 is 1.62 bits per heavy atom. The van der Waals surface area contributed by atoms with Crippen LogP contribution in [0.3, 0.4) is 0 Å². The molecule has 21 heavy (non-hydrogen) atoms. The fourth-order valence-corrected chi connectivity index (χ4v) is 2.69. The molecular weight excluding hydrogens is 286 g/mol. The predicted molar refractivity (Wildman–Crippen MR) is 81.5 cm³/mol. The minimum Gasteiger partial charge on any atom is -0.382 e. The Labute approximate surface area is 128 Å². The zero-order valence-electron chi connectivity index (χ0n) is 12.2. The number of hydrogen-bond donors (Lipinski definition) is 1. The molecule has 6 nitrogen and oxygen atoms in total. The Morgan fingerprint density at radius 2 is 2.33 bits per heavy atom. The van der Waals surface area contributed by atoms with Gasteiger partial charge in [-0.15, -0.1) is 0 Å². The van der Waals surface area contributed by atoms with Crippen LogP contribution in [-0.4, -0.2) is 39.1 Å². The lowest BCUT2D eigenvalue weighted by atomic mass is 10.2. The molecule has 0 unspecified atom stereocenters. The summed E-state index contributed by atoms with van der Waals surface area (Å²) < 4.78 is 0.